The van der Waals surface area contributed by atoms with Gasteiger partial charge in [-0.05, 0) is 36.6 Å². The highest BCUT2D eigenvalue weighted by atomic mass is 35.5. The first-order valence-corrected chi connectivity index (χ1v) is 9.95. The van der Waals surface area contributed by atoms with Gasteiger partial charge in [-0.15, -0.1) is 0 Å². The first-order chi connectivity index (χ1) is 13.2. The highest BCUT2D eigenvalue weighted by Crippen LogP contribution is 2.45. The molecule has 0 saturated carbocycles. The van der Waals surface area contributed by atoms with Gasteiger partial charge in [-0.1, -0.05) is 62.0 Å². The summed E-state index contributed by atoms with van der Waals surface area (Å²) in [6.07, 6.45) is 5.97. The Kier molecular flexibility index (Phi) is 7.55. The van der Waals surface area contributed by atoms with Crippen molar-refractivity contribution in [1.82, 2.24) is 0 Å². The molecule has 1 aliphatic carbocycles. The van der Waals surface area contributed by atoms with E-state index in [9.17, 15) is 19.8 Å². The lowest BCUT2D eigenvalue weighted by molar-refractivity contribution is -0.148. The number of unbranched alkanes of at least 4 members (excludes halogenated alkanes) is 2. The Hall–Kier alpha value is -1.98. The fourth-order valence-electron chi connectivity index (χ4n) is 3.37. The molecule has 0 aliphatic heterocycles. The molecule has 2 N–H and O–H groups in total. The monoisotopic (exact) mass is 426 g/mol. The Morgan fingerprint density at radius 2 is 1.93 bits per heavy atom. The van der Waals surface area contributed by atoms with Gasteiger partial charge in [0.05, 0.1) is 22.6 Å². The van der Waals surface area contributed by atoms with E-state index in [1.54, 1.807) is 25.1 Å². The fraction of sp³-hybridized carbons (Fsp3) is 0.429. The molecule has 2 atom stereocenters. The summed E-state index contributed by atoms with van der Waals surface area (Å²) in [5.74, 6) is -2.57. The lowest BCUT2D eigenvalue weighted by Crippen LogP contribution is -2.41. The number of rotatable bonds is 9. The van der Waals surface area contributed by atoms with Crippen molar-refractivity contribution in [2.45, 2.75) is 39.5 Å². The van der Waals surface area contributed by atoms with Gasteiger partial charge in [0, 0.05) is 10.9 Å². The summed E-state index contributed by atoms with van der Waals surface area (Å²) in [5.41, 5.74) is -0.970. The van der Waals surface area contributed by atoms with E-state index >= 15 is 0 Å². The number of hydrogen-bond donors (Lipinski definition) is 2. The summed E-state index contributed by atoms with van der Waals surface area (Å²) in [4.78, 5) is 23.8. The average molecular weight is 427 g/mol. The van der Waals surface area contributed by atoms with Crippen LogP contribution in [-0.2, 0) is 16.0 Å². The summed E-state index contributed by atoms with van der Waals surface area (Å²) in [6, 6.07) is 5.14. The number of aliphatic carboxylic acids is 2. The minimum atomic E-state index is -1.46. The lowest BCUT2D eigenvalue weighted by atomic mass is 9.66. The first-order valence-electron chi connectivity index (χ1n) is 9.19. The largest absolute Gasteiger partial charge is 0.494 e. The molecule has 1 aliphatic rings. The molecule has 2 unspecified atom stereocenters. The topological polar surface area (TPSA) is 83.8 Å². The van der Waals surface area contributed by atoms with Gasteiger partial charge in [0.25, 0.3) is 0 Å². The summed E-state index contributed by atoms with van der Waals surface area (Å²) >= 11 is 12.4. The molecule has 5 nitrogen and oxygen atoms in total. The second kappa shape index (κ2) is 9.48. The second-order valence-electron chi connectivity index (χ2n) is 6.95. The fourth-order valence-corrected chi connectivity index (χ4v) is 3.92. The number of carboxylic acid groups (broad SMARTS) is 2. The molecule has 0 aromatic heterocycles. The molecular formula is C21H24Cl2O5. The molecule has 2 rings (SSSR count). The lowest BCUT2D eigenvalue weighted by Gasteiger charge is -2.36. The van der Waals surface area contributed by atoms with Crippen LogP contribution in [0.25, 0.3) is 0 Å². The smallest absolute Gasteiger partial charge is 0.333 e. The molecule has 152 valence electrons. The van der Waals surface area contributed by atoms with Crippen molar-refractivity contribution >= 4 is 35.1 Å². The minimum absolute atomic E-state index is 0.0376. The van der Waals surface area contributed by atoms with Gasteiger partial charge >= 0.3 is 11.9 Å². The van der Waals surface area contributed by atoms with Gasteiger partial charge < -0.3 is 14.9 Å². The van der Waals surface area contributed by atoms with Crippen LogP contribution in [0.1, 0.15) is 38.7 Å². The molecule has 28 heavy (non-hydrogen) atoms. The zero-order valence-electron chi connectivity index (χ0n) is 15.9. The number of carboxylic acids is 2. The van der Waals surface area contributed by atoms with Crippen LogP contribution in [0, 0.1) is 11.3 Å². The zero-order chi connectivity index (χ0) is 20.9. The zero-order valence-corrected chi connectivity index (χ0v) is 17.4. The maximum atomic E-state index is 12.2. The van der Waals surface area contributed by atoms with E-state index in [1.807, 2.05) is 0 Å². The van der Waals surface area contributed by atoms with Crippen LogP contribution in [0.2, 0.25) is 5.02 Å². The van der Waals surface area contributed by atoms with Gasteiger partial charge in [-0.25, -0.2) is 4.79 Å². The molecule has 1 aromatic rings. The highest BCUT2D eigenvalue weighted by molar-refractivity contribution is 6.33. The van der Waals surface area contributed by atoms with Crippen LogP contribution >= 0.6 is 23.2 Å². The van der Waals surface area contributed by atoms with Crippen molar-refractivity contribution in [3.63, 3.8) is 0 Å². The summed E-state index contributed by atoms with van der Waals surface area (Å²) in [6.45, 7) is 4.26. The number of allylic oxidation sites excluding steroid dienone is 2. The molecule has 0 heterocycles. The van der Waals surface area contributed by atoms with Crippen molar-refractivity contribution in [1.29, 1.82) is 0 Å². The van der Waals surface area contributed by atoms with Crippen LogP contribution in [0.15, 0.2) is 41.0 Å². The van der Waals surface area contributed by atoms with E-state index < -0.39 is 23.3 Å². The number of halogens is 2. The molecule has 0 fully saturated rings. The van der Waals surface area contributed by atoms with Crippen molar-refractivity contribution < 1.29 is 24.5 Å². The summed E-state index contributed by atoms with van der Waals surface area (Å²) in [5, 5.41) is 19.8. The first kappa shape index (κ1) is 22.3. The third-order valence-electron chi connectivity index (χ3n) is 5.14. The second-order valence-corrected chi connectivity index (χ2v) is 7.77. The number of benzene rings is 1. The number of ether oxygens (including phenoxy) is 1. The maximum Gasteiger partial charge on any atom is 0.333 e. The van der Waals surface area contributed by atoms with Gasteiger partial charge in [0.1, 0.15) is 5.75 Å². The van der Waals surface area contributed by atoms with Crippen LogP contribution in [0.4, 0.5) is 0 Å². The van der Waals surface area contributed by atoms with Gasteiger partial charge in [0.2, 0.25) is 0 Å². The molecular weight excluding hydrogens is 403 g/mol. The summed E-state index contributed by atoms with van der Waals surface area (Å²) in [7, 11) is 0. The van der Waals surface area contributed by atoms with Crippen molar-refractivity contribution in [2.24, 2.45) is 11.3 Å². The standard InChI is InChI=1S/C21H24Cl2O5/c1-3-4-5-10-28-15-7-6-14(17(23)11-15)12-21(20(26)27)9-8-16(22)18(13(21)2)19(24)25/h6-9,11,13H,3-5,10,12H2,1-2H3,(H,24,25)(H,26,27). The van der Waals surface area contributed by atoms with E-state index in [4.69, 9.17) is 27.9 Å². The molecule has 0 saturated heterocycles. The van der Waals surface area contributed by atoms with Crippen LogP contribution < -0.4 is 4.74 Å². The van der Waals surface area contributed by atoms with E-state index in [0.717, 1.165) is 19.3 Å². The molecule has 1 aromatic carbocycles. The summed E-state index contributed by atoms with van der Waals surface area (Å²) < 4.78 is 5.67. The Morgan fingerprint density at radius 1 is 1.21 bits per heavy atom. The third-order valence-corrected chi connectivity index (χ3v) is 5.82. The van der Waals surface area contributed by atoms with Crippen molar-refractivity contribution in [3.05, 3.63) is 51.5 Å². The molecule has 0 radical (unpaired) electrons. The van der Waals surface area contributed by atoms with Crippen LogP contribution in [0.5, 0.6) is 5.75 Å². The molecule has 7 heteroatoms. The number of carbonyl (C=O) groups is 2. The van der Waals surface area contributed by atoms with Crippen molar-refractivity contribution in [3.8, 4) is 5.75 Å². The van der Waals surface area contributed by atoms with Crippen LogP contribution in [0.3, 0.4) is 0 Å². The van der Waals surface area contributed by atoms with Gasteiger partial charge in [-0.2, -0.15) is 0 Å². The molecule has 0 amide bonds. The Balaban J connectivity index is 2.27. The van der Waals surface area contributed by atoms with E-state index in [1.165, 1.54) is 12.2 Å². The van der Waals surface area contributed by atoms with Gasteiger partial charge in [-0.3, -0.25) is 4.79 Å². The Labute approximate surface area is 174 Å². The quantitative estimate of drug-likeness (QED) is 0.522. The van der Waals surface area contributed by atoms with E-state index in [2.05, 4.69) is 6.92 Å². The predicted octanol–water partition coefficient (Wildman–Crippen LogP) is 5.31. The minimum Gasteiger partial charge on any atom is -0.494 e. The van der Waals surface area contributed by atoms with Crippen molar-refractivity contribution in [2.75, 3.05) is 6.61 Å². The highest BCUT2D eigenvalue weighted by Gasteiger charge is 2.47. The Bertz CT molecular complexity index is 815. The van der Waals surface area contributed by atoms with Gasteiger partial charge in [0.15, 0.2) is 0 Å². The SMILES string of the molecule is CCCCCOc1ccc(CC2(C(=O)O)C=CC(Cl)=C(C(=O)O)C2C)c(Cl)c1. The van der Waals surface area contributed by atoms with E-state index in [0.29, 0.717) is 22.9 Å². The average Bonchev–Trinajstić information content (AvgIpc) is 2.62. The number of hydrogen-bond acceptors (Lipinski definition) is 3. The molecule has 0 spiro atoms. The normalized spacial score (nSPS) is 21.6. The Morgan fingerprint density at radius 3 is 2.50 bits per heavy atom. The predicted molar refractivity (Wildman–Crippen MR) is 109 cm³/mol. The molecule has 0 bridgehead atoms. The third kappa shape index (κ3) is 4.70. The van der Waals surface area contributed by atoms with E-state index in [-0.39, 0.29) is 17.0 Å². The van der Waals surface area contributed by atoms with Crippen LogP contribution in [-0.4, -0.2) is 28.8 Å². The maximum absolute atomic E-state index is 12.2.